The number of hydrogen-bond acceptors (Lipinski definition) is 3. The SMILES string of the molecule is Cc1ccnc(NCC2(C)CCC2)c1N. The highest BCUT2D eigenvalue weighted by Crippen LogP contribution is 2.40. The Hall–Kier alpha value is -1.25. The van der Waals surface area contributed by atoms with Crippen LogP contribution in [-0.2, 0) is 0 Å². The molecule has 0 aromatic carbocycles. The van der Waals surface area contributed by atoms with Crippen LogP contribution >= 0.6 is 0 Å². The van der Waals surface area contributed by atoms with Gasteiger partial charge in [-0.3, -0.25) is 0 Å². The van der Waals surface area contributed by atoms with Crippen molar-refractivity contribution in [3.8, 4) is 0 Å². The maximum Gasteiger partial charge on any atom is 0.149 e. The monoisotopic (exact) mass is 205 g/mol. The average molecular weight is 205 g/mol. The van der Waals surface area contributed by atoms with Crippen molar-refractivity contribution in [3.05, 3.63) is 17.8 Å². The summed E-state index contributed by atoms with van der Waals surface area (Å²) < 4.78 is 0. The molecule has 0 spiro atoms. The summed E-state index contributed by atoms with van der Waals surface area (Å²) in [6, 6.07) is 1.94. The molecule has 0 bridgehead atoms. The van der Waals surface area contributed by atoms with Crippen LogP contribution in [0.3, 0.4) is 0 Å². The van der Waals surface area contributed by atoms with Crippen LogP contribution in [-0.4, -0.2) is 11.5 Å². The molecular weight excluding hydrogens is 186 g/mol. The van der Waals surface area contributed by atoms with Gasteiger partial charge in [0.1, 0.15) is 5.82 Å². The van der Waals surface area contributed by atoms with Gasteiger partial charge in [0.15, 0.2) is 0 Å². The molecule has 1 saturated carbocycles. The largest absolute Gasteiger partial charge is 0.396 e. The highest BCUT2D eigenvalue weighted by atomic mass is 15.0. The van der Waals surface area contributed by atoms with Crippen molar-refractivity contribution in [1.29, 1.82) is 0 Å². The number of nitrogens with two attached hydrogens (primary N) is 1. The fourth-order valence-corrected chi connectivity index (χ4v) is 1.96. The number of nitrogens with one attached hydrogen (secondary N) is 1. The van der Waals surface area contributed by atoms with Gasteiger partial charge in [-0.15, -0.1) is 0 Å². The van der Waals surface area contributed by atoms with E-state index in [1.165, 1.54) is 19.3 Å². The van der Waals surface area contributed by atoms with E-state index in [2.05, 4.69) is 17.2 Å². The first-order valence-electron chi connectivity index (χ1n) is 5.56. The van der Waals surface area contributed by atoms with Crippen LogP contribution in [0.1, 0.15) is 31.7 Å². The molecule has 1 fully saturated rings. The summed E-state index contributed by atoms with van der Waals surface area (Å²) >= 11 is 0. The van der Waals surface area contributed by atoms with Crippen LogP contribution in [0, 0.1) is 12.3 Å². The number of aryl methyl sites for hydroxylation is 1. The second kappa shape index (κ2) is 3.72. The van der Waals surface area contributed by atoms with E-state index in [9.17, 15) is 0 Å². The van der Waals surface area contributed by atoms with Crippen molar-refractivity contribution in [1.82, 2.24) is 4.98 Å². The van der Waals surface area contributed by atoms with Crippen molar-refractivity contribution in [2.24, 2.45) is 5.41 Å². The van der Waals surface area contributed by atoms with Gasteiger partial charge in [0, 0.05) is 12.7 Å². The first kappa shape index (κ1) is 10.3. The molecule has 15 heavy (non-hydrogen) atoms. The third-order valence-corrected chi connectivity index (χ3v) is 3.45. The fourth-order valence-electron chi connectivity index (χ4n) is 1.96. The second-order valence-electron chi connectivity index (χ2n) is 4.91. The molecule has 1 aliphatic carbocycles. The molecule has 3 nitrogen and oxygen atoms in total. The van der Waals surface area contributed by atoms with Gasteiger partial charge >= 0.3 is 0 Å². The van der Waals surface area contributed by atoms with Crippen LogP contribution in [0.5, 0.6) is 0 Å². The van der Waals surface area contributed by atoms with E-state index in [1.54, 1.807) is 6.20 Å². The van der Waals surface area contributed by atoms with Gasteiger partial charge in [-0.25, -0.2) is 4.98 Å². The summed E-state index contributed by atoms with van der Waals surface area (Å²) in [6.45, 7) is 5.30. The van der Waals surface area contributed by atoms with Gasteiger partial charge < -0.3 is 11.1 Å². The summed E-state index contributed by atoms with van der Waals surface area (Å²) in [6.07, 6.45) is 5.78. The minimum atomic E-state index is 0.456. The normalized spacial score (nSPS) is 18.3. The lowest BCUT2D eigenvalue weighted by molar-refractivity contribution is 0.180. The molecule has 0 aliphatic heterocycles. The molecule has 0 saturated heterocycles. The van der Waals surface area contributed by atoms with E-state index in [0.717, 1.165) is 23.6 Å². The molecule has 0 atom stereocenters. The summed E-state index contributed by atoms with van der Waals surface area (Å²) in [5, 5.41) is 3.36. The number of aromatic nitrogens is 1. The van der Waals surface area contributed by atoms with E-state index in [4.69, 9.17) is 5.73 Å². The van der Waals surface area contributed by atoms with Crippen LogP contribution < -0.4 is 11.1 Å². The van der Waals surface area contributed by atoms with E-state index >= 15 is 0 Å². The number of rotatable bonds is 3. The van der Waals surface area contributed by atoms with E-state index in [1.807, 2.05) is 13.0 Å². The van der Waals surface area contributed by atoms with Crippen molar-refractivity contribution in [2.45, 2.75) is 33.1 Å². The number of hydrogen-bond donors (Lipinski definition) is 2. The summed E-state index contributed by atoms with van der Waals surface area (Å²) in [5.41, 5.74) is 8.27. The Morgan fingerprint density at radius 1 is 1.53 bits per heavy atom. The Bertz CT molecular complexity index is 356. The zero-order valence-electron chi connectivity index (χ0n) is 9.51. The molecule has 3 N–H and O–H groups in total. The fraction of sp³-hybridized carbons (Fsp3) is 0.583. The van der Waals surface area contributed by atoms with Crippen molar-refractivity contribution in [2.75, 3.05) is 17.6 Å². The third-order valence-electron chi connectivity index (χ3n) is 3.45. The summed E-state index contributed by atoms with van der Waals surface area (Å²) in [7, 11) is 0. The van der Waals surface area contributed by atoms with Gasteiger partial charge in [-0.2, -0.15) is 0 Å². The molecular formula is C12H19N3. The minimum Gasteiger partial charge on any atom is -0.396 e. The molecule has 0 amide bonds. The maximum atomic E-state index is 5.95. The molecule has 82 valence electrons. The average Bonchev–Trinajstić information content (AvgIpc) is 2.17. The summed E-state index contributed by atoms with van der Waals surface area (Å²) in [4.78, 5) is 4.26. The molecule has 2 rings (SSSR count). The van der Waals surface area contributed by atoms with Crippen LogP contribution in [0.25, 0.3) is 0 Å². The maximum absolute atomic E-state index is 5.95. The van der Waals surface area contributed by atoms with Crippen molar-refractivity contribution < 1.29 is 0 Å². The first-order chi connectivity index (χ1) is 7.11. The lowest BCUT2D eigenvalue weighted by atomic mass is 9.70. The lowest BCUT2D eigenvalue weighted by Crippen LogP contribution is -2.33. The zero-order valence-corrected chi connectivity index (χ0v) is 9.51. The van der Waals surface area contributed by atoms with Gasteiger partial charge in [0.05, 0.1) is 5.69 Å². The van der Waals surface area contributed by atoms with Crippen molar-refractivity contribution in [3.63, 3.8) is 0 Å². The van der Waals surface area contributed by atoms with Crippen LogP contribution in [0.4, 0.5) is 11.5 Å². The van der Waals surface area contributed by atoms with E-state index in [-0.39, 0.29) is 0 Å². The lowest BCUT2D eigenvalue weighted by Gasteiger charge is -2.38. The highest BCUT2D eigenvalue weighted by molar-refractivity contribution is 5.64. The Morgan fingerprint density at radius 3 is 2.87 bits per heavy atom. The van der Waals surface area contributed by atoms with Gasteiger partial charge in [0.2, 0.25) is 0 Å². The Kier molecular flexibility index (Phi) is 2.55. The predicted molar refractivity (Wildman–Crippen MR) is 63.8 cm³/mol. The Morgan fingerprint density at radius 2 is 2.27 bits per heavy atom. The number of nitrogens with zero attached hydrogens (tertiary/aromatic N) is 1. The van der Waals surface area contributed by atoms with E-state index < -0.39 is 0 Å². The van der Waals surface area contributed by atoms with Crippen LogP contribution in [0.15, 0.2) is 12.3 Å². The van der Waals surface area contributed by atoms with Gasteiger partial charge in [-0.1, -0.05) is 13.3 Å². The molecule has 1 aromatic heterocycles. The second-order valence-corrected chi connectivity index (χ2v) is 4.91. The van der Waals surface area contributed by atoms with Crippen LogP contribution in [0.2, 0.25) is 0 Å². The molecule has 1 aliphatic rings. The first-order valence-corrected chi connectivity index (χ1v) is 5.56. The van der Waals surface area contributed by atoms with Gasteiger partial charge in [-0.05, 0) is 36.8 Å². The third kappa shape index (κ3) is 2.06. The molecule has 0 radical (unpaired) electrons. The molecule has 0 unspecified atom stereocenters. The summed E-state index contributed by atoms with van der Waals surface area (Å²) in [5.74, 6) is 0.836. The number of nitrogen functional groups attached to an aromatic ring is 1. The van der Waals surface area contributed by atoms with Crippen molar-refractivity contribution >= 4 is 11.5 Å². The minimum absolute atomic E-state index is 0.456. The number of anilines is 2. The predicted octanol–water partition coefficient (Wildman–Crippen LogP) is 2.57. The standard InChI is InChI=1S/C12H19N3/c1-9-4-7-14-11(10(9)13)15-8-12(2)5-3-6-12/h4,7H,3,5-6,8,13H2,1-2H3,(H,14,15). The number of pyridine rings is 1. The quantitative estimate of drug-likeness (QED) is 0.797. The highest BCUT2D eigenvalue weighted by Gasteiger charge is 2.31. The molecule has 1 heterocycles. The van der Waals surface area contributed by atoms with E-state index in [0.29, 0.717) is 5.41 Å². The Labute approximate surface area is 91.1 Å². The topological polar surface area (TPSA) is 50.9 Å². The Balaban J connectivity index is 2.01. The molecule has 1 aromatic rings. The van der Waals surface area contributed by atoms with Gasteiger partial charge in [0.25, 0.3) is 0 Å². The zero-order chi connectivity index (χ0) is 10.9. The smallest absolute Gasteiger partial charge is 0.149 e. The molecule has 3 heteroatoms.